The molecule has 0 atom stereocenters. The first-order chi connectivity index (χ1) is 8.63. The van der Waals surface area contributed by atoms with Crippen molar-refractivity contribution in [2.24, 2.45) is 0 Å². The van der Waals surface area contributed by atoms with Crippen LogP contribution in [0.25, 0.3) is 5.69 Å². The fourth-order valence-corrected chi connectivity index (χ4v) is 1.90. The van der Waals surface area contributed by atoms with Crippen molar-refractivity contribution in [1.29, 1.82) is 0 Å². The second kappa shape index (κ2) is 4.91. The maximum Gasteiger partial charge on any atom is 0.337 e. The molecule has 1 aromatic carbocycles. The minimum Gasteiger partial charge on any atom is -0.478 e. The molecular formula is C13H15N3O2. The van der Waals surface area contributed by atoms with E-state index >= 15 is 0 Å². The molecule has 1 heterocycles. The summed E-state index contributed by atoms with van der Waals surface area (Å²) in [7, 11) is 0. The quantitative estimate of drug-likeness (QED) is 0.808. The largest absolute Gasteiger partial charge is 0.478 e. The molecule has 0 aliphatic rings. The average Bonchev–Trinajstić information content (AvgIpc) is 2.77. The molecule has 0 aliphatic heterocycles. The maximum atomic E-state index is 11.2. The van der Waals surface area contributed by atoms with Crippen molar-refractivity contribution < 1.29 is 9.90 Å². The summed E-state index contributed by atoms with van der Waals surface area (Å²) >= 11 is 0. The topological polar surface area (TPSA) is 81.1 Å². The van der Waals surface area contributed by atoms with E-state index in [0.29, 0.717) is 11.4 Å². The first-order valence-corrected chi connectivity index (χ1v) is 5.79. The summed E-state index contributed by atoms with van der Waals surface area (Å²) in [6, 6.07) is 4.87. The van der Waals surface area contributed by atoms with Crippen molar-refractivity contribution in [2.75, 3.05) is 5.73 Å². The SMILES string of the molecule is CCCc1nccn1-c1ccc(N)cc1C(=O)O. The van der Waals surface area contributed by atoms with Crippen LogP contribution in [0.5, 0.6) is 0 Å². The first kappa shape index (κ1) is 12.2. The van der Waals surface area contributed by atoms with Gasteiger partial charge in [0.2, 0.25) is 0 Å². The van der Waals surface area contributed by atoms with Gasteiger partial charge in [0.1, 0.15) is 5.82 Å². The van der Waals surface area contributed by atoms with Crippen LogP contribution in [0.2, 0.25) is 0 Å². The predicted octanol–water partition coefficient (Wildman–Crippen LogP) is 2.11. The summed E-state index contributed by atoms with van der Waals surface area (Å²) in [5.74, 6) is -0.141. The Labute approximate surface area is 105 Å². The molecule has 0 fully saturated rings. The molecule has 0 aliphatic carbocycles. The molecule has 1 aromatic heterocycles. The lowest BCUT2D eigenvalue weighted by atomic mass is 10.1. The minimum atomic E-state index is -0.992. The number of hydrogen-bond donors (Lipinski definition) is 2. The summed E-state index contributed by atoms with van der Waals surface area (Å²) in [6.07, 6.45) is 5.20. The molecule has 0 amide bonds. The van der Waals surface area contributed by atoms with Gasteiger partial charge in [0, 0.05) is 24.5 Å². The third kappa shape index (κ3) is 2.20. The number of hydrogen-bond acceptors (Lipinski definition) is 3. The number of nitrogens with zero attached hydrogens (tertiary/aromatic N) is 2. The third-order valence-electron chi connectivity index (χ3n) is 2.70. The second-order valence-electron chi connectivity index (χ2n) is 4.05. The van der Waals surface area contributed by atoms with E-state index in [4.69, 9.17) is 5.73 Å². The molecule has 0 unspecified atom stereocenters. The number of nitrogen functional groups attached to an aromatic ring is 1. The van der Waals surface area contributed by atoms with Crippen LogP contribution in [0.4, 0.5) is 5.69 Å². The van der Waals surface area contributed by atoms with Gasteiger partial charge >= 0.3 is 5.97 Å². The average molecular weight is 245 g/mol. The number of aromatic carboxylic acids is 1. The Morgan fingerprint density at radius 1 is 1.50 bits per heavy atom. The van der Waals surface area contributed by atoms with Crippen molar-refractivity contribution >= 4 is 11.7 Å². The van der Waals surface area contributed by atoms with Crippen LogP contribution in [-0.2, 0) is 6.42 Å². The Balaban J connectivity index is 2.56. The van der Waals surface area contributed by atoms with Crippen LogP contribution in [0.1, 0.15) is 29.5 Å². The zero-order valence-electron chi connectivity index (χ0n) is 10.1. The van der Waals surface area contributed by atoms with E-state index in [1.54, 1.807) is 29.1 Å². The zero-order valence-corrected chi connectivity index (χ0v) is 10.1. The van der Waals surface area contributed by atoms with Crippen LogP contribution in [-0.4, -0.2) is 20.6 Å². The Morgan fingerprint density at radius 2 is 2.28 bits per heavy atom. The van der Waals surface area contributed by atoms with E-state index in [1.165, 1.54) is 6.07 Å². The minimum absolute atomic E-state index is 0.186. The van der Waals surface area contributed by atoms with Gasteiger partial charge in [-0.3, -0.25) is 0 Å². The van der Waals surface area contributed by atoms with Gasteiger partial charge in [-0.1, -0.05) is 6.92 Å². The highest BCUT2D eigenvalue weighted by atomic mass is 16.4. The smallest absolute Gasteiger partial charge is 0.337 e. The van der Waals surface area contributed by atoms with E-state index in [1.807, 2.05) is 0 Å². The number of anilines is 1. The normalized spacial score (nSPS) is 10.5. The lowest BCUT2D eigenvalue weighted by molar-refractivity contribution is 0.0697. The Bertz CT molecular complexity index is 575. The monoisotopic (exact) mass is 245 g/mol. The van der Waals surface area contributed by atoms with Crippen molar-refractivity contribution in [3.05, 3.63) is 42.0 Å². The Morgan fingerprint density at radius 3 is 2.94 bits per heavy atom. The lowest BCUT2D eigenvalue weighted by Gasteiger charge is -2.11. The standard InChI is InChI=1S/C13H15N3O2/c1-2-3-12-15-6-7-16(12)11-5-4-9(14)8-10(11)13(17)18/h4-8H,2-3,14H2,1H3,(H,17,18). The molecular weight excluding hydrogens is 230 g/mol. The van der Waals surface area contributed by atoms with Crippen molar-refractivity contribution in [3.63, 3.8) is 0 Å². The van der Waals surface area contributed by atoms with Gasteiger partial charge in [0.25, 0.3) is 0 Å². The molecule has 94 valence electrons. The van der Waals surface area contributed by atoms with Gasteiger partial charge in [0.15, 0.2) is 0 Å². The molecule has 0 radical (unpaired) electrons. The van der Waals surface area contributed by atoms with Crippen LogP contribution in [0, 0.1) is 0 Å². The van der Waals surface area contributed by atoms with Gasteiger partial charge in [-0.15, -0.1) is 0 Å². The van der Waals surface area contributed by atoms with E-state index in [9.17, 15) is 9.90 Å². The Hall–Kier alpha value is -2.30. The molecule has 2 aromatic rings. The van der Waals surface area contributed by atoms with Gasteiger partial charge in [-0.2, -0.15) is 0 Å². The number of imidazole rings is 1. The number of carboxylic acids is 1. The predicted molar refractivity (Wildman–Crippen MR) is 68.9 cm³/mol. The highest BCUT2D eigenvalue weighted by Crippen LogP contribution is 2.20. The highest BCUT2D eigenvalue weighted by Gasteiger charge is 2.14. The summed E-state index contributed by atoms with van der Waals surface area (Å²) in [4.78, 5) is 15.5. The molecule has 0 spiro atoms. The fourth-order valence-electron chi connectivity index (χ4n) is 1.90. The number of nitrogens with two attached hydrogens (primary N) is 1. The number of rotatable bonds is 4. The van der Waals surface area contributed by atoms with Gasteiger partial charge in [-0.05, 0) is 24.6 Å². The van der Waals surface area contributed by atoms with Crippen molar-refractivity contribution in [3.8, 4) is 5.69 Å². The highest BCUT2D eigenvalue weighted by molar-refractivity contribution is 5.93. The molecule has 5 heteroatoms. The summed E-state index contributed by atoms with van der Waals surface area (Å²) in [5.41, 5.74) is 6.85. The van der Waals surface area contributed by atoms with Gasteiger partial charge in [0.05, 0.1) is 11.3 Å². The molecule has 0 bridgehead atoms. The van der Waals surface area contributed by atoms with E-state index < -0.39 is 5.97 Å². The second-order valence-corrected chi connectivity index (χ2v) is 4.05. The van der Waals surface area contributed by atoms with Crippen LogP contribution in [0.15, 0.2) is 30.6 Å². The van der Waals surface area contributed by atoms with Gasteiger partial charge in [-0.25, -0.2) is 9.78 Å². The number of carboxylic acid groups (broad SMARTS) is 1. The third-order valence-corrected chi connectivity index (χ3v) is 2.70. The molecule has 18 heavy (non-hydrogen) atoms. The van der Waals surface area contributed by atoms with E-state index in [-0.39, 0.29) is 5.56 Å². The molecule has 2 rings (SSSR count). The van der Waals surface area contributed by atoms with Gasteiger partial charge < -0.3 is 15.4 Å². The van der Waals surface area contributed by atoms with Crippen LogP contribution < -0.4 is 5.73 Å². The summed E-state index contributed by atoms with van der Waals surface area (Å²) < 4.78 is 1.80. The van der Waals surface area contributed by atoms with E-state index in [0.717, 1.165) is 18.7 Å². The van der Waals surface area contributed by atoms with E-state index in [2.05, 4.69) is 11.9 Å². The van der Waals surface area contributed by atoms with Crippen LogP contribution in [0.3, 0.4) is 0 Å². The molecule has 5 nitrogen and oxygen atoms in total. The zero-order chi connectivity index (χ0) is 13.1. The fraction of sp³-hybridized carbons (Fsp3) is 0.231. The van der Waals surface area contributed by atoms with Crippen molar-refractivity contribution in [2.45, 2.75) is 19.8 Å². The number of aryl methyl sites for hydroxylation is 1. The number of aromatic nitrogens is 2. The molecule has 3 N–H and O–H groups in total. The molecule has 0 saturated carbocycles. The summed E-state index contributed by atoms with van der Waals surface area (Å²) in [6.45, 7) is 2.06. The number of benzene rings is 1. The Kier molecular flexibility index (Phi) is 3.32. The van der Waals surface area contributed by atoms with Crippen LogP contribution >= 0.6 is 0 Å². The lowest BCUT2D eigenvalue weighted by Crippen LogP contribution is -2.08. The number of carbonyl (C=O) groups is 1. The maximum absolute atomic E-state index is 11.2. The first-order valence-electron chi connectivity index (χ1n) is 5.79. The molecule has 0 saturated heterocycles. The van der Waals surface area contributed by atoms with Crippen molar-refractivity contribution in [1.82, 2.24) is 9.55 Å². The summed E-state index contributed by atoms with van der Waals surface area (Å²) in [5, 5.41) is 9.22.